The van der Waals surface area contributed by atoms with E-state index in [1.165, 1.54) is 43.5 Å². The first-order chi connectivity index (χ1) is 26.3. The molecule has 3 unspecified atom stereocenters. The summed E-state index contributed by atoms with van der Waals surface area (Å²) < 4.78 is 46.1. The van der Waals surface area contributed by atoms with Gasteiger partial charge in [-0.25, -0.2) is 18.4 Å². The fourth-order valence-corrected chi connectivity index (χ4v) is 7.46. The van der Waals surface area contributed by atoms with Crippen LogP contribution in [0.2, 0.25) is 0 Å². The summed E-state index contributed by atoms with van der Waals surface area (Å²) in [6.07, 6.45) is -3.24. The number of pyridine rings is 1. The number of hydrogen-bond acceptors (Lipinski definition) is 13. The van der Waals surface area contributed by atoms with Gasteiger partial charge in [0.1, 0.15) is 22.2 Å². The average molecular weight is 776 g/mol. The third-order valence-electron chi connectivity index (χ3n) is 8.51. The van der Waals surface area contributed by atoms with Crippen LogP contribution in [0.15, 0.2) is 79.0 Å². The van der Waals surface area contributed by atoms with Gasteiger partial charge in [0, 0.05) is 22.8 Å². The molecule has 4 heterocycles. The van der Waals surface area contributed by atoms with Crippen LogP contribution in [0.5, 0.6) is 5.88 Å². The van der Waals surface area contributed by atoms with Crippen LogP contribution in [-0.2, 0) is 22.4 Å². The first-order valence-corrected chi connectivity index (χ1v) is 17.8. The molecule has 0 spiro atoms. The summed E-state index contributed by atoms with van der Waals surface area (Å²) >= 11 is 1.08. The zero-order valence-corrected chi connectivity index (χ0v) is 31.3. The van der Waals surface area contributed by atoms with Gasteiger partial charge in [0.15, 0.2) is 12.0 Å². The molecule has 14 nitrogen and oxygen atoms in total. The van der Waals surface area contributed by atoms with Gasteiger partial charge in [0.05, 0.1) is 49.3 Å². The number of aliphatic hydroxyl groups is 2. The number of aromatic nitrogens is 3. The zero-order valence-electron chi connectivity index (χ0n) is 30.5. The molecule has 288 valence electrons. The Morgan fingerprint density at radius 1 is 0.945 bits per heavy atom. The molecule has 6 rings (SSSR count). The van der Waals surface area contributed by atoms with Gasteiger partial charge in [-0.2, -0.15) is 0 Å². The fourth-order valence-electron chi connectivity index (χ4n) is 6.07. The minimum absolute atomic E-state index is 0.000359. The molecule has 1 aliphatic heterocycles. The van der Waals surface area contributed by atoms with Gasteiger partial charge in [0.25, 0.3) is 0 Å². The summed E-state index contributed by atoms with van der Waals surface area (Å²) in [6, 6.07) is 18.0. The summed E-state index contributed by atoms with van der Waals surface area (Å²) in [6.45, 7) is 4.72. The van der Waals surface area contributed by atoms with Gasteiger partial charge in [-0.15, -0.1) is 21.5 Å². The number of ether oxygens (including phenoxy) is 3. The first-order valence-electron chi connectivity index (χ1n) is 17.0. The Hall–Kier alpha value is -5.91. The van der Waals surface area contributed by atoms with Crippen molar-refractivity contribution in [3.05, 3.63) is 113 Å². The molecular weight excluding hydrogens is 737 g/mol. The number of halogens is 2. The van der Waals surface area contributed by atoms with Gasteiger partial charge in [-0.3, -0.25) is 15.2 Å². The van der Waals surface area contributed by atoms with E-state index in [0.717, 1.165) is 33.9 Å². The van der Waals surface area contributed by atoms with Crippen LogP contribution in [0.1, 0.15) is 55.3 Å². The number of carbonyl (C=O) groups is 2. The van der Waals surface area contributed by atoms with Crippen molar-refractivity contribution in [1.29, 1.82) is 0 Å². The van der Waals surface area contributed by atoms with Gasteiger partial charge in [-0.05, 0) is 63.1 Å². The summed E-state index contributed by atoms with van der Waals surface area (Å²) in [5.74, 6) is -1.54. The Kier molecular flexibility index (Phi) is 11.4. The van der Waals surface area contributed by atoms with Crippen molar-refractivity contribution in [2.75, 3.05) is 29.3 Å². The second-order valence-corrected chi connectivity index (χ2v) is 14.4. The third kappa shape index (κ3) is 8.58. The number of carbonyl (C=O) groups excluding carboxylic acids is 2. The number of hydrogen-bond donors (Lipinski definition) is 4. The lowest BCUT2D eigenvalue weighted by Gasteiger charge is -2.45. The number of alkyl carbamates (subject to hydrolysis) is 1. The number of aliphatic hydroxyl groups excluding tert-OH is 2. The van der Waals surface area contributed by atoms with Crippen molar-refractivity contribution in [1.82, 2.24) is 20.5 Å². The van der Waals surface area contributed by atoms with E-state index in [9.17, 15) is 19.8 Å². The molecule has 5 aromatic rings. The summed E-state index contributed by atoms with van der Waals surface area (Å²) in [5.41, 5.74) is 0.971. The van der Waals surface area contributed by atoms with Crippen LogP contribution in [0.25, 0.3) is 10.6 Å². The van der Waals surface area contributed by atoms with Crippen LogP contribution < -0.4 is 25.2 Å². The summed E-state index contributed by atoms with van der Waals surface area (Å²) in [4.78, 5) is 33.0. The van der Waals surface area contributed by atoms with Crippen molar-refractivity contribution < 1.29 is 42.8 Å². The number of nitrogens with zero attached hydrogens (tertiary/aromatic N) is 5. The van der Waals surface area contributed by atoms with E-state index in [0.29, 0.717) is 21.8 Å². The van der Waals surface area contributed by atoms with Gasteiger partial charge >= 0.3 is 12.2 Å². The van der Waals surface area contributed by atoms with Crippen LogP contribution in [0, 0.1) is 11.6 Å². The highest BCUT2D eigenvalue weighted by atomic mass is 32.1. The second kappa shape index (κ2) is 16.2. The lowest BCUT2D eigenvalue weighted by atomic mass is 9.92. The highest BCUT2D eigenvalue weighted by Gasteiger charge is 2.45. The molecule has 0 radical (unpaired) electrons. The van der Waals surface area contributed by atoms with E-state index in [1.54, 1.807) is 32.9 Å². The summed E-state index contributed by atoms with van der Waals surface area (Å²) in [5, 5.41) is 38.2. The minimum atomic E-state index is -1.74. The number of thiophene rings is 1. The number of amides is 2. The summed E-state index contributed by atoms with van der Waals surface area (Å²) in [7, 11) is 2.62. The number of anilines is 3. The third-order valence-corrected chi connectivity index (χ3v) is 9.79. The maximum Gasteiger partial charge on any atom is 0.412 e. The molecule has 3 aromatic heterocycles. The Morgan fingerprint density at radius 3 is 2.27 bits per heavy atom. The average Bonchev–Trinajstić information content (AvgIpc) is 3.55. The lowest BCUT2D eigenvalue weighted by molar-refractivity contribution is 0.0635. The van der Waals surface area contributed by atoms with Gasteiger partial charge < -0.3 is 34.6 Å². The number of fused-ring (bicyclic) bond motifs is 1. The van der Waals surface area contributed by atoms with Crippen LogP contribution >= 0.6 is 11.3 Å². The maximum absolute atomic E-state index is 15.3. The molecule has 3 atom stereocenters. The first kappa shape index (κ1) is 38.8. The number of methoxy groups -OCH3 is 2. The van der Waals surface area contributed by atoms with Crippen molar-refractivity contribution in [2.45, 2.75) is 58.0 Å². The Labute approximate surface area is 319 Å². The van der Waals surface area contributed by atoms with Gasteiger partial charge in [-0.1, -0.05) is 36.4 Å². The molecule has 0 saturated carbocycles. The molecule has 4 N–H and O–H groups in total. The predicted octanol–water partition coefficient (Wildman–Crippen LogP) is 6.67. The van der Waals surface area contributed by atoms with Crippen LogP contribution in [0.3, 0.4) is 0 Å². The smallest absolute Gasteiger partial charge is 0.412 e. The molecule has 17 heteroatoms. The predicted molar refractivity (Wildman–Crippen MR) is 200 cm³/mol. The van der Waals surface area contributed by atoms with E-state index in [2.05, 4.69) is 25.8 Å². The number of benzene rings is 2. The molecule has 2 amide bonds. The highest BCUT2D eigenvalue weighted by Crippen LogP contribution is 2.52. The molecule has 1 aliphatic rings. The number of rotatable bonds is 10. The van der Waals surface area contributed by atoms with E-state index < -0.39 is 54.6 Å². The van der Waals surface area contributed by atoms with E-state index >= 15 is 8.78 Å². The lowest BCUT2D eigenvalue weighted by Crippen LogP contribution is -2.54. The second-order valence-electron chi connectivity index (χ2n) is 13.4. The van der Waals surface area contributed by atoms with Crippen molar-refractivity contribution >= 4 is 40.0 Å². The van der Waals surface area contributed by atoms with Crippen molar-refractivity contribution in [3.8, 4) is 16.5 Å². The molecule has 0 saturated heterocycles. The van der Waals surface area contributed by atoms with Gasteiger partial charge in [0.2, 0.25) is 12.2 Å². The molecule has 2 aromatic carbocycles. The SMILES string of the molecule is COC(=O)NC(Cc1ccccc1)c1c(-c2ccc(NC(=O)OC(C)(C)C)cn2)sc2c1C(O)N(c1ccc(OC)nn1)C(O)N2Cc1c(F)cccc1F. The molecule has 55 heavy (non-hydrogen) atoms. The molecule has 0 aliphatic carbocycles. The molecule has 0 bridgehead atoms. The van der Waals surface area contributed by atoms with Crippen molar-refractivity contribution in [3.63, 3.8) is 0 Å². The van der Waals surface area contributed by atoms with Crippen LogP contribution in [0.4, 0.5) is 34.9 Å². The van der Waals surface area contributed by atoms with E-state index in [-0.39, 0.29) is 34.2 Å². The maximum atomic E-state index is 15.3. The van der Waals surface area contributed by atoms with E-state index in [1.807, 2.05) is 30.3 Å². The Morgan fingerprint density at radius 2 is 1.67 bits per heavy atom. The normalized spacial score (nSPS) is 15.9. The standard InChI is InChI=1S/C38H39F2N7O7S/c1-38(2,3)54-36(50)42-22-14-15-26(41-19-22)32-30(27(43-35(49)53-5)18-21-10-7-6-8-11-21)31-33(48)47(28-16-17-29(52-4)45-44-28)37(51)46(34(31)55-32)20-23-24(39)12-9-13-25(23)40/h6-17,19,27,33,37,48,51H,18,20H2,1-5H3,(H,42,50)(H,43,49). The topological polar surface area (TPSA) is 172 Å². The molecule has 0 fully saturated rings. The molecular formula is C38H39F2N7O7S. The van der Waals surface area contributed by atoms with Crippen molar-refractivity contribution in [2.24, 2.45) is 0 Å². The Bertz CT molecular complexity index is 2110. The largest absolute Gasteiger partial charge is 0.480 e. The quantitative estimate of drug-likeness (QED) is 0.119. The number of nitrogens with one attached hydrogen (secondary N) is 2. The van der Waals surface area contributed by atoms with Crippen LogP contribution in [-0.4, -0.2) is 63.8 Å². The minimum Gasteiger partial charge on any atom is -0.480 e. The highest BCUT2D eigenvalue weighted by molar-refractivity contribution is 7.19. The fraction of sp³-hybridized carbons (Fsp3) is 0.289. The monoisotopic (exact) mass is 775 g/mol. The zero-order chi connectivity index (χ0) is 39.4. The van der Waals surface area contributed by atoms with E-state index in [4.69, 9.17) is 14.2 Å². The Balaban J connectivity index is 1.57.